The van der Waals surface area contributed by atoms with Crippen molar-refractivity contribution < 1.29 is 24.1 Å². The minimum atomic E-state index is -1.11. The summed E-state index contributed by atoms with van der Waals surface area (Å²) < 4.78 is 19.0. The highest BCUT2D eigenvalue weighted by Gasteiger charge is 2.36. The van der Waals surface area contributed by atoms with Crippen LogP contribution in [-0.2, 0) is 28.0 Å². The van der Waals surface area contributed by atoms with Crippen LogP contribution in [0.2, 0.25) is 0 Å². The third-order valence-corrected chi connectivity index (χ3v) is 8.56. The molecule has 2 aliphatic heterocycles. The summed E-state index contributed by atoms with van der Waals surface area (Å²) >= 11 is 0. The molecule has 2 aromatic heterocycles. The Morgan fingerprint density at radius 1 is 1.24 bits per heavy atom. The molecule has 1 N–H and O–H groups in total. The van der Waals surface area contributed by atoms with Gasteiger partial charge in [-0.1, -0.05) is 44.2 Å². The number of ether oxygens (including phenoxy) is 3. The minimum absolute atomic E-state index is 0.0187. The topological polar surface area (TPSA) is 98.9 Å². The highest BCUT2D eigenvalue weighted by Crippen LogP contribution is 2.37. The number of hydrogen-bond acceptors (Lipinski definition) is 7. The zero-order valence-corrected chi connectivity index (χ0v) is 24.7. The number of carboxylic acid groups (broad SMARTS) is 1. The molecule has 1 aromatic carbocycles. The molecule has 0 amide bonds. The van der Waals surface area contributed by atoms with Crippen molar-refractivity contribution in [1.82, 2.24) is 19.7 Å². The van der Waals surface area contributed by atoms with Crippen molar-refractivity contribution in [3.63, 3.8) is 0 Å². The Labute approximate surface area is 246 Å². The zero-order chi connectivity index (χ0) is 29.4. The number of fused-ring (bicyclic) bond motifs is 1. The van der Waals surface area contributed by atoms with Crippen molar-refractivity contribution in [3.8, 4) is 11.7 Å². The van der Waals surface area contributed by atoms with Gasteiger partial charge < -0.3 is 19.3 Å². The number of aromatic nitrogens is 3. The lowest BCUT2D eigenvalue weighted by Gasteiger charge is -2.42. The summed E-state index contributed by atoms with van der Waals surface area (Å²) in [4.78, 5) is 19.0. The third-order valence-electron chi connectivity index (χ3n) is 8.56. The normalized spacial score (nSPS) is 20.3. The van der Waals surface area contributed by atoms with Crippen molar-refractivity contribution >= 4 is 11.5 Å². The summed E-state index contributed by atoms with van der Waals surface area (Å²) in [5, 5.41) is 13.7. The monoisotopic (exact) mass is 570 g/mol. The number of nitrogens with zero attached hydrogens (tertiary/aromatic N) is 4. The van der Waals surface area contributed by atoms with Gasteiger partial charge in [-0.2, -0.15) is 9.78 Å². The van der Waals surface area contributed by atoms with Crippen molar-refractivity contribution in [3.05, 3.63) is 88.0 Å². The SMILES string of the molecule is COc1c(C(=O)O)cnn1-c1cccc(C2=CCCC(C)=C2OCc2ccc3c(c2)C(C)(C)CN(C2CCOC2)C3)n1. The number of pyridine rings is 1. The molecule has 0 saturated carbocycles. The number of carboxylic acids is 1. The number of methoxy groups -OCH3 is 1. The summed E-state index contributed by atoms with van der Waals surface area (Å²) in [7, 11) is 1.42. The van der Waals surface area contributed by atoms with Gasteiger partial charge in [0.2, 0.25) is 5.88 Å². The second-order valence-electron chi connectivity index (χ2n) is 12.0. The molecule has 42 heavy (non-hydrogen) atoms. The van der Waals surface area contributed by atoms with Crippen LogP contribution in [0.3, 0.4) is 0 Å². The van der Waals surface area contributed by atoms with Crippen LogP contribution in [0.25, 0.3) is 11.4 Å². The first-order valence-electron chi connectivity index (χ1n) is 14.6. The van der Waals surface area contributed by atoms with Gasteiger partial charge in [0.1, 0.15) is 17.9 Å². The molecule has 0 spiro atoms. The molecule has 4 heterocycles. The Bertz CT molecular complexity index is 1560. The zero-order valence-electron chi connectivity index (χ0n) is 24.7. The van der Waals surface area contributed by atoms with E-state index in [-0.39, 0.29) is 16.9 Å². The van der Waals surface area contributed by atoms with E-state index in [1.807, 2.05) is 12.1 Å². The number of benzene rings is 1. The second-order valence-corrected chi connectivity index (χ2v) is 12.0. The smallest absolute Gasteiger partial charge is 0.342 e. The fourth-order valence-electron chi connectivity index (χ4n) is 6.40. The molecule has 9 nitrogen and oxygen atoms in total. The standard InChI is InChI=1S/C33H38N4O5/c1-21-7-5-8-25(28-9-6-10-29(35-28)37-31(40-4)26(16-34-37)32(38)39)30(21)42-18-22-11-12-23-17-36(24-13-14-41-19-24)20-33(2,3)27(23)15-22/h6,8-12,15-16,24H,5,7,13-14,17-20H2,1-4H3,(H,38,39). The molecule has 220 valence electrons. The molecule has 1 aliphatic carbocycles. The largest absolute Gasteiger partial charge is 0.488 e. The second kappa shape index (κ2) is 11.4. The predicted octanol–water partition coefficient (Wildman–Crippen LogP) is 5.52. The summed E-state index contributed by atoms with van der Waals surface area (Å²) in [5.41, 5.74) is 6.79. The Balaban J connectivity index is 1.23. The van der Waals surface area contributed by atoms with E-state index < -0.39 is 5.97 Å². The fraction of sp³-hybridized carbons (Fsp3) is 0.424. The van der Waals surface area contributed by atoms with E-state index in [9.17, 15) is 9.90 Å². The molecule has 3 aliphatic rings. The average Bonchev–Trinajstić information content (AvgIpc) is 3.67. The number of hydrogen-bond donors (Lipinski definition) is 1. The summed E-state index contributed by atoms with van der Waals surface area (Å²) in [6.45, 7) is 10.9. The van der Waals surface area contributed by atoms with Crippen molar-refractivity contribution in [2.24, 2.45) is 0 Å². The lowest BCUT2D eigenvalue weighted by Crippen LogP contribution is -2.47. The minimum Gasteiger partial charge on any atom is -0.488 e. The molecule has 6 rings (SSSR count). The van der Waals surface area contributed by atoms with Gasteiger partial charge in [0, 0.05) is 36.7 Å². The third kappa shape index (κ3) is 5.34. The maximum Gasteiger partial charge on any atom is 0.342 e. The lowest BCUT2D eigenvalue weighted by atomic mass is 9.77. The Hall–Kier alpha value is -3.95. The van der Waals surface area contributed by atoms with Crippen LogP contribution in [0.4, 0.5) is 0 Å². The molecular weight excluding hydrogens is 532 g/mol. The van der Waals surface area contributed by atoms with Crippen LogP contribution in [-0.4, -0.2) is 63.7 Å². The van der Waals surface area contributed by atoms with Crippen LogP contribution in [0, 0.1) is 0 Å². The van der Waals surface area contributed by atoms with Crippen molar-refractivity contribution in [2.45, 2.75) is 64.6 Å². The van der Waals surface area contributed by atoms with E-state index >= 15 is 0 Å². The molecule has 3 aromatic rings. The fourth-order valence-corrected chi connectivity index (χ4v) is 6.40. The van der Waals surface area contributed by atoms with Gasteiger partial charge >= 0.3 is 5.97 Å². The number of aromatic carboxylic acids is 1. The predicted molar refractivity (Wildman–Crippen MR) is 159 cm³/mol. The van der Waals surface area contributed by atoms with Gasteiger partial charge in [-0.25, -0.2) is 9.78 Å². The summed E-state index contributed by atoms with van der Waals surface area (Å²) in [5.74, 6) is 0.331. The molecule has 1 atom stereocenters. The van der Waals surface area contributed by atoms with Gasteiger partial charge in [-0.05, 0) is 60.6 Å². The molecule has 0 radical (unpaired) electrons. The maximum absolute atomic E-state index is 11.6. The van der Waals surface area contributed by atoms with Crippen LogP contribution in [0.15, 0.2) is 60.0 Å². The van der Waals surface area contributed by atoms with Crippen LogP contribution in [0.5, 0.6) is 5.88 Å². The summed E-state index contributed by atoms with van der Waals surface area (Å²) in [6.07, 6.45) is 6.36. The van der Waals surface area contributed by atoms with Crippen molar-refractivity contribution in [1.29, 1.82) is 0 Å². The molecule has 0 bridgehead atoms. The van der Waals surface area contributed by atoms with Gasteiger partial charge in [0.05, 0.1) is 25.6 Å². The molecule has 1 unspecified atom stereocenters. The Morgan fingerprint density at radius 2 is 2.10 bits per heavy atom. The maximum atomic E-state index is 11.6. The van der Waals surface area contributed by atoms with E-state index in [0.29, 0.717) is 18.5 Å². The van der Waals surface area contributed by atoms with Crippen molar-refractivity contribution in [2.75, 3.05) is 26.9 Å². The first-order chi connectivity index (χ1) is 20.2. The quantitative estimate of drug-likeness (QED) is 0.378. The Kier molecular flexibility index (Phi) is 7.64. The van der Waals surface area contributed by atoms with Gasteiger partial charge in [-0.3, -0.25) is 4.90 Å². The average molecular weight is 571 g/mol. The first-order valence-corrected chi connectivity index (χ1v) is 14.6. The highest BCUT2D eigenvalue weighted by atomic mass is 16.5. The highest BCUT2D eigenvalue weighted by molar-refractivity contribution is 5.90. The lowest BCUT2D eigenvalue weighted by molar-refractivity contribution is 0.0693. The van der Waals surface area contributed by atoms with E-state index in [2.05, 4.69) is 55.0 Å². The van der Waals surface area contributed by atoms with Gasteiger partial charge in [0.15, 0.2) is 5.82 Å². The molecular formula is C33H38N4O5. The van der Waals surface area contributed by atoms with Crippen LogP contribution in [0.1, 0.15) is 72.8 Å². The van der Waals surface area contributed by atoms with E-state index in [1.165, 1.54) is 34.7 Å². The Morgan fingerprint density at radius 3 is 2.86 bits per heavy atom. The molecule has 9 heteroatoms. The van der Waals surface area contributed by atoms with E-state index in [0.717, 1.165) is 68.2 Å². The van der Waals surface area contributed by atoms with E-state index in [1.54, 1.807) is 6.07 Å². The van der Waals surface area contributed by atoms with Gasteiger partial charge in [0.25, 0.3) is 0 Å². The van der Waals surface area contributed by atoms with Crippen LogP contribution >= 0.6 is 0 Å². The number of carbonyl (C=O) groups is 1. The van der Waals surface area contributed by atoms with Crippen LogP contribution < -0.4 is 4.74 Å². The van der Waals surface area contributed by atoms with Gasteiger partial charge in [-0.15, -0.1) is 0 Å². The number of rotatable bonds is 8. The summed E-state index contributed by atoms with van der Waals surface area (Å²) in [6, 6.07) is 12.9. The van der Waals surface area contributed by atoms with E-state index in [4.69, 9.17) is 19.2 Å². The molecule has 1 fully saturated rings. The first kappa shape index (κ1) is 28.2. The molecule has 1 saturated heterocycles. The number of allylic oxidation sites excluding steroid dienone is 3.